The van der Waals surface area contributed by atoms with Gasteiger partial charge in [0.15, 0.2) is 5.76 Å². The lowest BCUT2D eigenvalue weighted by Gasteiger charge is -2.27. The van der Waals surface area contributed by atoms with E-state index in [-0.39, 0.29) is 17.7 Å². The van der Waals surface area contributed by atoms with Gasteiger partial charge in [-0.1, -0.05) is 18.2 Å². The zero-order chi connectivity index (χ0) is 20.0. The van der Waals surface area contributed by atoms with Gasteiger partial charge in [0.1, 0.15) is 11.4 Å². The lowest BCUT2D eigenvalue weighted by molar-refractivity contribution is -0.127. The third-order valence-electron chi connectivity index (χ3n) is 5.87. The van der Waals surface area contributed by atoms with Gasteiger partial charge in [-0.2, -0.15) is 0 Å². The van der Waals surface area contributed by atoms with Crippen LogP contribution >= 0.6 is 0 Å². The maximum Gasteiger partial charge on any atom is 0.289 e. The van der Waals surface area contributed by atoms with E-state index in [4.69, 9.17) is 9.40 Å². The van der Waals surface area contributed by atoms with Crippen molar-refractivity contribution in [3.05, 3.63) is 59.4 Å². The molecule has 2 amide bonds. The number of aromatic nitrogens is 2. The van der Waals surface area contributed by atoms with Crippen molar-refractivity contribution in [2.24, 2.45) is 0 Å². The number of rotatable bonds is 2. The molecule has 5 rings (SSSR count). The Morgan fingerprint density at radius 2 is 2.03 bits per heavy atom. The summed E-state index contributed by atoms with van der Waals surface area (Å²) in [6, 6.07) is 9.42. The summed E-state index contributed by atoms with van der Waals surface area (Å²) < 4.78 is 5.73. The fraction of sp³-hybridized carbons (Fsp3) is 0.364. The number of nitrogens with zero attached hydrogens (tertiary/aromatic N) is 4. The molecule has 1 unspecified atom stereocenters. The second-order valence-corrected chi connectivity index (χ2v) is 7.78. The van der Waals surface area contributed by atoms with Crippen LogP contribution in [0.4, 0.5) is 0 Å². The van der Waals surface area contributed by atoms with Crippen molar-refractivity contribution < 1.29 is 14.0 Å². The molecule has 1 fully saturated rings. The van der Waals surface area contributed by atoms with Crippen molar-refractivity contribution in [2.75, 3.05) is 19.6 Å². The van der Waals surface area contributed by atoms with E-state index in [0.29, 0.717) is 31.8 Å². The summed E-state index contributed by atoms with van der Waals surface area (Å²) in [5.41, 5.74) is 2.70. The molecule has 0 aliphatic carbocycles. The molecule has 148 valence electrons. The van der Waals surface area contributed by atoms with Crippen molar-refractivity contribution in [2.45, 2.75) is 32.2 Å². The monoisotopic (exact) mass is 390 g/mol. The second-order valence-electron chi connectivity index (χ2n) is 7.78. The lowest BCUT2D eigenvalue weighted by atomic mass is 10.0. The van der Waals surface area contributed by atoms with Crippen LogP contribution in [0.25, 0.3) is 11.0 Å². The number of amides is 2. The first-order valence-corrected chi connectivity index (χ1v) is 9.96. The molecule has 1 atom stereocenters. The highest BCUT2D eigenvalue weighted by Crippen LogP contribution is 2.27. The molecule has 1 aromatic carbocycles. The molecule has 29 heavy (non-hydrogen) atoms. The standard InChI is InChI=1S/C22H22N4O3/c1-14(27)25-8-6-16(12-25)21-23-11-17-13-26(9-7-18(17)24-21)22(28)20-10-15-4-2-3-5-19(15)29-20/h2-5,10-11,16H,6-9,12-13H2,1H3. The van der Waals surface area contributed by atoms with Crippen molar-refractivity contribution in [1.29, 1.82) is 0 Å². The molecule has 1 saturated heterocycles. The first-order valence-electron chi connectivity index (χ1n) is 9.96. The highest BCUT2D eigenvalue weighted by atomic mass is 16.3. The van der Waals surface area contributed by atoms with E-state index in [1.54, 1.807) is 17.9 Å². The number of carbonyl (C=O) groups is 2. The SMILES string of the molecule is CC(=O)N1CCC(c2ncc3c(n2)CCN(C(=O)c2cc4ccccc4o2)C3)C1. The molecule has 2 aromatic heterocycles. The molecule has 2 aliphatic rings. The molecule has 7 nitrogen and oxygen atoms in total. The zero-order valence-electron chi connectivity index (χ0n) is 16.3. The number of carbonyl (C=O) groups excluding carboxylic acids is 2. The normalized spacial score (nSPS) is 18.9. The highest BCUT2D eigenvalue weighted by Gasteiger charge is 2.30. The average Bonchev–Trinajstić information content (AvgIpc) is 3.40. The Morgan fingerprint density at radius 3 is 2.83 bits per heavy atom. The van der Waals surface area contributed by atoms with Crippen LogP contribution in [0.1, 0.15) is 46.9 Å². The lowest BCUT2D eigenvalue weighted by Crippen LogP contribution is -2.36. The maximum absolute atomic E-state index is 12.9. The fourth-order valence-corrected chi connectivity index (χ4v) is 4.20. The molecule has 4 heterocycles. The number of fused-ring (bicyclic) bond motifs is 2. The zero-order valence-corrected chi connectivity index (χ0v) is 16.3. The number of likely N-dealkylation sites (tertiary alicyclic amines) is 1. The smallest absolute Gasteiger partial charge is 0.289 e. The van der Waals surface area contributed by atoms with Crippen molar-refractivity contribution in [1.82, 2.24) is 19.8 Å². The van der Waals surface area contributed by atoms with Gasteiger partial charge in [-0.25, -0.2) is 9.97 Å². The summed E-state index contributed by atoms with van der Waals surface area (Å²) in [6.07, 6.45) is 3.43. The molecule has 0 bridgehead atoms. The van der Waals surface area contributed by atoms with E-state index in [1.165, 1.54) is 0 Å². The number of hydrogen-bond donors (Lipinski definition) is 0. The Kier molecular flexibility index (Phi) is 4.30. The van der Waals surface area contributed by atoms with Gasteiger partial charge in [0.2, 0.25) is 5.91 Å². The predicted octanol–water partition coefficient (Wildman–Crippen LogP) is 2.76. The summed E-state index contributed by atoms with van der Waals surface area (Å²) in [5, 5.41) is 0.928. The van der Waals surface area contributed by atoms with Crippen molar-refractivity contribution in [3.63, 3.8) is 0 Å². The molecule has 7 heteroatoms. The van der Waals surface area contributed by atoms with Crippen LogP contribution in [0.2, 0.25) is 0 Å². The van der Waals surface area contributed by atoms with E-state index in [1.807, 2.05) is 35.4 Å². The van der Waals surface area contributed by atoms with Gasteiger partial charge in [-0.05, 0) is 18.6 Å². The van der Waals surface area contributed by atoms with E-state index < -0.39 is 0 Å². The van der Waals surface area contributed by atoms with Crippen LogP contribution in [-0.2, 0) is 17.8 Å². The number of para-hydroxylation sites is 1. The molecular formula is C22H22N4O3. The largest absolute Gasteiger partial charge is 0.451 e. The second kappa shape index (κ2) is 6.99. The minimum atomic E-state index is -0.108. The van der Waals surface area contributed by atoms with Crippen LogP contribution in [0.3, 0.4) is 0 Å². The molecular weight excluding hydrogens is 368 g/mol. The van der Waals surface area contributed by atoms with E-state index in [2.05, 4.69) is 4.98 Å². The van der Waals surface area contributed by atoms with Gasteiger partial charge in [-0.15, -0.1) is 0 Å². The summed E-state index contributed by atoms with van der Waals surface area (Å²) in [7, 11) is 0. The van der Waals surface area contributed by atoms with Crippen molar-refractivity contribution in [3.8, 4) is 0 Å². The summed E-state index contributed by atoms with van der Waals surface area (Å²) in [4.78, 5) is 37.5. The van der Waals surface area contributed by atoms with Crippen molar-refractivity contribution >= 4 is 22.8 Å². The van der Waals surface area contributed by atoms with Crippen LogP contribution in [0.5, 0.6) is 0 Å². The summed E-state index contributed by atoms with van der Waals surface area (Å²) >= 11 is 0. The third-order valence-corrected chi connectivity index (χ3v) is 5.87. The minimum Gasteiger partial charge on any atom is -0.451 e. The van der Waals surface area contributed by atoms with Crippen LogP contribution < -0.4 is 0 Å². The van der Waals surface area contributed by atoms with E-state index in [9.17, 15) is 9.59 Å². The Balaban J connectivity index is 1.32. The number of hydrogen-bond acceptors (Lipinski definition) is 5. The Labute approximate surface area is 168 Å². The first kappa shape index (κ1) is 17.8. The topological polar surface area (TPSA) is 79.5 Å². The minimum absolute atomic E-state index is 0.102. The van der Waals surface area contributed by atoms with Gasteiger partial charge in [0.25, 0.3) is 5.91 Å². The van der Waals surface area contributed by atoms with E-state index >= 15 is 0 Å². The van der Waals surface area contributed by atoms with Gasteiger partial charge >= 0.3 is 0 Å². The van der Waals surface area contributed by atoms with E-state index in [0.717, 1.165) is 41.0 Å². The predicted molar refractivity (Wildman–Crippen MR) is 106 cm³/mol. The van der Waals surface area contributed by atoms with Gasteiger partial charge in [0.05, 0.1) is 5.69 Å². The van der Waals surface area contributed by atoms with Crippen LogP contribution in [0.15, 0.2) is 40.9 Å². The molecule has 0 saturated carbocycles. The molecule has 0 radical (unpaired) electrons. The third kappa shape index (κ3) is 3.26. The quantitative estimate of drug-likeness (QED) is 0.672. The Morgan fingerprint density at radius 1 is 1.17 bits per heavy atom. The molecule has 0 N–H and O–H groups in total. The summed E-state index contributed by atoms with van der Waals surface area (Å²) in [6.45, 7) is 4.13. The van der Waals surface area contributed by atoms with Gasteiger partial charge in [0, 0.05) is 62.6 Å². The number of furan rings is 1. The van der Waals surface area contributed by atoms with Crippen LogP contribution in [-0.4, -0.2) is 51.2 Å². The highest BCUT2D eigenvalue weighted by molar-refractivity contribution is 5.96. The maximum atomic E-state index is 12.9. The molecule has 0 spiro atoms. The van der Waals surface area contributed by atoms with Gasteiger partial charge < -0.3 is 14.2 Å². The van der Waals surface area contributed by atoms with Crippen LogP contribution in [0, 0.1) is 0 Å². The average molecular weight is 390 g/mol. The summed E-state index contributed by atoms with van der Waals surface area (Å²) in [5.74, 6) is 1.36. The Bertz CT molecular complexity index is 1070. The number of benzene rings is 1. The fourth-order valence-electron chi connectivity index (χ4n) is 4.20. The molecule has 2 aliphatic heterocycles. The first-order chi connectivity index (χ1) is 14.1. The van der Waals surface area contributed by atoms with Gasteiger partial charge in [-0.3, -0.25) is 9.59 Å². The Hall–Kier alpha value is -3.22. The molecule has 3 aromatic rings.